The van der Waals surface area contributed by atoms with Crippen molar-refractivity contribution in [3.05, 3.63) is 58.9 Å². The number of halogens is 1. The summed E-state index contributed by atoms with van der Waals surface area (Å²) in [5, 5.41) is 0.840. The first-order valence-corrected chi connectivity index (χ1v) is 9.36. The first-order valence-electron chi connectivity index (χ1n) is 8.54. The summed E-state index contributed by atoms with van der Waals surface area (Å²) in [5.74, 6) is -0.454. The van der Waals surface area contributed by atoms with E-state index in [9.17, 15) is 9.18 Å². The number of benzene rings is 2. The Labute approximate surface area is 155 Å². The van der Waals surface area contributed by atoms with Crippen LogP contribution in [-0.2, 0) is 16.0 Å². The largest absolute Gasteiger partial charge is 0.458 e. The summed E-state index contributed by atoms with van der Waals surface area (Å²) in [5.41, 5.74) is 4.05. The van der Waals surface area contributed by atoms with Crippen LogP contribution >= 0.6 is 11.3 Å². The van der Waals surface area contributed by atoms with Crippen LogP contribution in [0.3, 0.4) is 0 Å². The van der Waals surface area contributed by atoms with Gasteiger partial charge in [0.15, 0.2) is 5.13 Å². The van der Waals surface area contributed by atoms with E-state index in [0.717, 1.165) is 32.0 Å². The van der Waals surface area contributed by atoms with Gasteiger partial charge in [0, 0.05) is 0 Å². The Morgan fingerprint density at radius 1 is 1.27 bits per heavy atom. The van der Waals surface area contributed by atoms with Crippen molar-refractivity contribution in [1.29, 1.82) is 0 Å². The molecule has 0 amide bonds. The molecule has 0 bridgehead atoms. The lowest BCUT2D eigenvalue weighted by Gasteiger charge is -2.38. The van der Waals surface area contributed by atoms with Crippen LogP contribution in [0.1, 0.15) is 16.7 Å². The number of nitrogens with zero attached hydrogens (tertiary/aromatic N) is 2. The molecule has 0 aliphatic carbocycles. The number of aryl methyl sites for hydroxylation is 2. The average molecular weight is 370 g/mol. The van der Waals surface area contributed by atoms with E-state index in [4.69, 9.17) is 4.74 Å². The van der Waals surface area contributed by atoms with Gasteiger partial charge in [-0.25, -0.2) is 9.37 Å². The van der Waals surface area contributed by atoms with Crippen molar-refractivity contribution in [1.82, 2.24) is 4.98 Å². The van der Waals surface area contributed by atoms with E-state index >= 15 is 0 Å². The number of hydrogen-bond acceptors (Lipinski definition) is 5. The number of rotatable bonds is 4. The zero-order valence-corrected chi connectivity index (χ0v) is 15.5. The van der Waals surface area contributed by atoms with Gasteiger partial charge < -0.3 is 9.64 Å². The number of carbonyl (C=O) groups excluding carboxylic acids is 1. The van der Waals surface area contributed by atoms with Crippen molar-refractivity contribution >= 4 is 32.7 Å². The fraction of sp³-hybridized carbons (Fsp3) is 0.300. The topological polar surface area (TPSA) is 42.4 Å². The van der Waals surface area contributed by atoms with Crippen molar-refractivity contribution in [2.45, 2.75) is 26.4 Å². The average Bonchev–Trinajstić information content (AvgIpc) is 2.96. The van der Waals surface area contributed by atoms with Gasteiger partial charge in [0.2, 0.25) is 0 Å². The minimum atomic E-state index is -0.255. The van der Waals surface area contributed by atoms with Gasteiger partial charge in [-0.15, -0.1) is 0 Å². The lowest BCUT2D eigenvalue weighted by atomic mass is 10.0. The molecule has 26 heavy (non-hydrogen) atoms. The molecule has 4 rings (SSSR count). The van der Waals surface area contributed by atoms with E-state index in [1.165, 1.54) is 23.5 Å². The molecule has 1 aromatic heterocycles. The van der Waals surface area contributed by atoms with Crippen LogP contribution in [0.2, 0.25) is 0 Å². The molecule has 2 heterocycles. The standard InChI is InChI=1S/C20H19FN2O2S/c1-12-3-4-13(2)14(7-12)8-19(24)25-16-10-23(11-16)20-22-17-6-5-15(21)9-18(17)26-20/h3-7,9,16H,8,10-11H2,1-2H3. The van der Waals surface area contributed by atoms with Crippen molar-refractivity contribution < 1.29 is 13.9 Å². The fourth-order valence-corrected chi connectivity index (χ4v) is 4.07. The molecule has 0 atom stereocenters. The Bertz CT molecular complexity index is 979. The Kier molecular flexibility index (Phi) is 4.36. The third-order valence-corrected chi connectivity index (χ3v) is 5.67. The summed E-state index contributed by atoms with van der Waals surface area (Å²) in [7, 11) is 0. The Hall–Kier alpha value is -2.47. The van der Waals surface area contributed by atoms with E-state index in [0.29, 0.717) is 19.5 Å². The molecular formula is C20H19FN2O2S. The number of aromatic nitrogens is 1. The summed E-state index contributed by atoms with van der Waals surface area (Å²) < 4.78 is 19.7. The van der Waals surface area contributed by atoms with Crippen LogP contribution in [0.5, 0.6) is 0 Å². The van der Waals surface area contributed by atoms with Gasteiger partial charge in [0.05, 0.1) is 29.7 Å². The maximum Gasteiger partial charge on any atom is 0.310 e. The number of esters is 1. The highest BCUT2D eigenvalue weighted by Crippen LogP contribution is 2.32. The normalized spacial score (nSPS) is 14.5. The summed E-state index contributed by atoms with van der Waals surface area (Å²) in [4.78, 5) is 18.8. The summed E-state index contributed by atoms with van der Waals surface area (Å²) in [6.45, 7) is 5.27. The molecule has 6 heteroatoms. The minimum Gasteiger partial charge on any atom is -0.458 e. The Morgan fingerprint density at radius 3 is 2.88 bits per heavy atom. The Morgan fingerprint density at radius 2 is 2.08 bits per heavy atom. The second kappa shape index (κ2) is 6.68. The zero-order valence-electron chi connectivity index (χ0n) is 14.7. The number of hydrogen-bond donors (Lipinski definition) is 0. The molecule has 134 valence electrons. The van der Waals surface area contributed by atoms with Crippen LogP contribution < -0.4 is 4.90 Å². The molecule has 0 radical (unpaired) electrons. The SMILES string of the molecule is Cc1ccc(C)c(CC(=O)OC2CN(c3nc4ccc(F)cc4s3)C2)c1. The second-order valence-corrected chi connectivity index (χ2v) is 7.74. The number of ether oxygens (including phenoxy) is 1. The van der Waals surface area contributed by atoms with Gasteiger partial charge in [0.1, 0.15) is 11.9 Å². The van der Waals surface area contributed by atoms with Crippen LogP contribution in [0.15, 0.2) is 36.4 Å². The second-order valence-electron chi connectivity index (χ2n) is 6.73. The van der Waals surface area contributed by atoms with Gasteiger partial charge in [-0.3, -0.25) is 4.79 Å². The van der Waals surface area contributed by atoms with Crippen molar-refractivity contribution in [3.63, 3.8) is 0 Å². The predicted octanol–water partition coefficient (Wildman–Crippen LogP) is 4.03. The maximum atomic E-state index is 13.3. The van der Waals surface area contributed by atoms with E-state index in [1.807, 2.05) is 32.0 Å². The molecule has 0 spiro atoms. The summed E-state index contributed by atoms with van der Waals surface area (Å²) in [6, 6.07) is 10.7. The first kappa shape index (κ1) is 17.0. The van der Waals surface area contributed by atoms with Crippen molar-refractivity contribution in [3.8, 4) is 0 Å². The molecular weight excluding hydrogens is 351 g/mol. The first-order chi connectivity index (χ1) is 12.5. The summed E-state index contributed by atoms with van der Waals surface area (Å²) >= 11 is 1.46. The number of fused-ring (bicyclic) bond motifs is 1. The Balaban J connectivity index is 1.34. The lowest BCUT2D eigenvalue weighted by Crippen LogP contribution is -2.53. The van der Waals surface area contributed by atoms with Gasteiger partial charge in [-0.2, -0.15) is 0 Å². The molecule has 2 aromatic carbocycles. The van der Waals surface area contributed by atoms with Gasteiger partial charge >= 0.3 is 5.97 Å². The maximum absolute atomic E-state index is 13.3. The number of carbonyl (C=O) groups is 1. The number of thiazole rings is 1. The highest BCUT2D eigenvalue weighted by Gasteiger charge is 2.32. The predicted molar refractivity (Wildman–Crippen MR) is 101 cm³/mol. The van der Waals surface area contributed by atoms with Crippen LogP contribution in [0.25, 0.3) is 10.2 Å². The molecule has 1 aliphatic heterocycles. The highest BCUT2D eigenvalue weighted by atomic mass is 32.1. The molecule has 3 aromatic rings. The smallest absolute Gasteiger partial charge is 0.310 e. The van der Waals surface area contributed by atoms with Crippen molar-refractivity contribution in [2.75, 3.05) is 18.0 Å². The summed E-state index contributed by atoms with van der Waals surface area (Å²) in [6.07, 6.45) is 0.182. The van der Waals surface area contributed by atoms with E-state index in [1.54, 1.807) is 6.07 Å². The molecule has 1 aliphatic rings. The number of anilines is 1. The lowest BCUT2D eigenvalue weighted by molar-refractivity contribution is -0.149. The zero-order chi connectivity index (χ0) is 18.3. The highest BCUT2D eigenvalue weighted by molar-refractivity contribution is 7.22. The molecule has 1 saturated heterocycles. The van der Waals surface area contributed by atoms with Gasteiger partial charge in [-0.1, -0.05) is 35.1 Å². The quantitative estimate of drug-likeness (QED) is 0.651. The van der Waals surface area contributed by atoms with E-state index in [2.05, 4.69) is 9.88 Å². The molecule has 0 saturated carbocycles. The third-order valence-electron chi connectivity index (χ3n) is 4.60. The molecule has 0 unspecified atom stereocenters. The monoisotopic (exact) mass is 370 g/mol. The van der Waals surface area contributed by atoms with Crippen LogP contribution in [0.4, 0.5) is 9.52 Å². The van der Waals surface area contributed by atoms with Crippen LogP contribution in [0, 0.1) is 19.7 Å². The molecule has 0 N–H and O–H groups in total. The van der Waals surface area contributed by atoms with Gasteiger partial charge in [0.25, 0.3) is 0 Å². The van der Waals surface area contributed by atoms with Gasteiger partial charge in [-0.05, 0) is 43.2 Å². The third kappa shape index (κ3) is 3.42. The van der Waals surface area contributed by atoms with E-state index in [-0.39, 0.29) is 17.9 Å². The van der Waals surface area contributed by atoms with Crippen molar-refractivity contribution in [2.24, 2.45) is 0 Å². The molecule has 1 fully saturated rings. The van der Waals surface area contributed by atoms with Crippen LogP contribution in [-0.4, -0.2) is 30.1 Å². The van der Waals surface area contributed by atoms with E-state index < -0.39 is 0 Å². The minimum absolute atomic E-state index is 0.114. The molecule has 4 nitrogen and oxygen atoms in total. The fourth-order valence-electron chi connectivity index (χ4n) is 3.06.